The first-order chi connectivity index (χ1) is 15.6. The molecule has 12 heteroatoms. The quantitative estimate of drug-likeness (QED) is 0.298. The van der Waals surface area contributed by atoms with Crippen molar-refractivity contribution >= 4 is 67.8 Å². The molecule has 1 N–H and O–H groups in total. The molecule has 3 rings (SSSR count). The maximum absolute atomic E-state index is 13.4. The topological polar surface area (TPSA) is 110 Å². The van der Waals surface area contributed by atoms with Gasteiger partial charge in [-0.2, -0.15) is 0 Å². The Hall–Kier alpha value is -2.85. The third-order valence-corrected chi connectivity index (χ3v) is 7.57. The zero-order valence-corrected chi connectivity index (χ0v) is 20.0. The van der Waals surface area contributed by atoms with E-state index in [-0.39, 0.29) is 37.8 Å². The highest BCUT2D eigenvalue weighted by Gasteiger charge is 2.28. The van der Waals surface area contributed by atoms with E-state index in [1.54, 1.807) is 37.3 Å². The number of hydrogen-bond donors (Lipinski definition) is 1. The molecule has 0 fully saturated rings. The lowest BCUT2D eigenvalue weighted by Gasteiger charge is -2.24. The molecule has 0 aliphatic rings. The van der Waals surface area contributed by atoms with Crippen molar-refractivity contribution in [2.75, 3.05) is 16.2 Å². The van der Waals surface area contributed by atoms with Crippen molar-refractivity contribution in [2.45, 2.75) is 11.8 Å². The second kappa shape index (κ2) is 9.96. The molecule has 0 unspecified atom stereocenters. The Morgan fingerprint density at radius 2 is 1.67 bits per heavy atom. The van der Waals surface area contributed by atoms with Gasteiger partial charge in [-0.1, -0.05) is 53.0 Å². The molecule has 8 nitrogen and oxygen atoms in total. The Labute approximate surface area is 204 Å². The molecule has 0 saturated heterocycles. The highest BCUT2D eigenvalue weighted by Crippen LogP contribution is 2.33. The smallest absolute Gasteiger partial charge is 0.289 e. The lowest BCUT2D eigenvalue weighted by Crippen LogP contribution is -2.31. The minimum Gasteiger partial charge on any atom is -0.322 e. The van der Waals surface area contributed by atoms with E-state index in [4.69, 9.17) is 34.8 Å². The molecular weight excluding hydrogens is 513 g/mol. The first-order valence-electron chi connectivity index (χ1n) is 9.38. The molecular formula is C21H16Cl3N3O5S. The normalized spacial score (nSPS) is 11.2. The van der Waals surface area contributed by atoms with Gasteiger partial charge in [0.2, 0.25) is 0 Å². The summed E-state index contributed by atoms with van der Waals surface area (Å²) in [6.07, 6.45) is 0. The molecule has 0 radical (unpaired) electrons. The number of nitrogens with zero attached hydrogens (tertiary/aromatic N) is 2. The number of nitro groups is 1. The van der Waals surface area contributed by atoms with Gasteiger partial charge in [-0.15, -0.1) is 0 Å². The van der Waals surface area contributed by atoms with Gasteiger partial charge in [-0.05, 0) is 43.3 Å². The number of amides is 1. The number of para-hydroxylation sites is 1. The number of benzene rings is 3. The number of nitro benzene ring substituents is 1. The lowest BCUT2D eigenvalue weighted by atomic mass is 10.2. The first kappa shape index (κ1) is 24.8. The third-order valence-electron chi connectivity index (χ3n) is 4.57. The van der Waals surface area contributed by atoms with E-state index >= 15 is 0 Å². The van der Waals surface area contributed by atoms with E-state index in [1.807, 2.05) is 0 Å². The molecule has 0 atom stereocenters. The average molecular weight is 529 g/mol. The van der Waals surface area contributed by atoms with Crippen LogP contribution in [0.4, 0.5) is 17.1 Å². The standard InChI is InChI=1S/C21H16Cl3N3O5S/c1-2-26(14-6-4-3-5-7-14)33(31,32)20-11-15(17(23)12-18(20)24)21(28)25-13-8-9-16(22)19(10-13)27(29)30/h3-12H,2H2,1H3,(H,25,28). The lowest BCUT2D eigenvalue weighted by molar-refractivity contribution is -0.384. The molecule has 0 saturated carbocycles. The van der Waals surface area contributed by atoms with Gasteiger partial charge in [0.1, 0.15) is 9.92 Å². The van der Waals surface area contributed by atoms with Crippen LogP contribution < -0.4 is 9.62 Å². The van der Waals surface area contributed by atoms with Crippen LogP contribution in [0.15, 0.2) is 65.6 Å². The van der Waals surface area contributed by atoms with Crippen LogP contribution in [-0.4, -0.2) is 25.8 Å². The summed E-state index contributed by atoms with van der Waals surface area (Å²) in [5.74, 6) is -0.785. The third kappa shape index (κ3) is 5.22. The summed E-state index contributed by atoms with van der Waals surface area (Å²) in [4.78, 5) is 22.9. The van der Waals surface area contributed by atoms with Gasteiger partial charge in [0, 0.05) is 18.3 Å². The van der Waals surface area contributed by atoms with Crippen molar-refractivity contribution in [3.63, 3.8) is 0 Å². The van der Waals surface area contributed by atoms with Gasteiger partial charge in [0.15, 0.2) is 0 Å². The van der Waals surface area contributed by atoms with E-state index in [0.717, 1.165) is 22.5 Å². The SMILES string of the molecule is CCN(c1ccccc1)S(=O)(=O)c1cc(C(=O)Nc2ccc(Cl)c([N+](=O)[O-])c2)c(Cl)cc1Cl. The molecule has 172 valence electrons. The number of anilines is 2. The highest BCUT2D eigenvalue weighted by atomic mass is 35.5. The van der Waals surface area contributed by atoms with Crippen LogP contribution in [0.2, 0.25) is 15.1 Å². The Kier molecular flexibility index (Phi) is 7.48. The molecule has 0 spiro atoms. The number of carbonyl (C=O) groups excluding carboxylic acids is 1. The molecule has 0 aliphatic heterocycles. The fourth-order valence-electron chi connectivity index (χ4n) is 3.03. The molecule has 0 bridgehead atoms. The summed E-state index contributed by atoms with van der Waals surface area (Å²) in [5, 5.41) is 13.2. The van der Waals surface area contributed by atoms with Gasteiger partial charge < -0.3 is 5.32 Å². The van der Waals surface area contributed by atoms with Crippen LogP contribution in [0.5, 0.6) is 0 Å². The van der Waals surface area contributed by atoms with Crippen molar-refractivity contribution < 1.29 is 18.1 Å². The summed E-state index contributed by atoms with van der Waals surface area (Å²) in [7, 11) is -4.15. The number of nitrogens with one attached hydrogen (secondary N) is 1. The Balaban J connectivity index is 2.01. The fourth-order valence-corrected chi connectivity index (χ4v) is 5.53. The summed E-state index contributed by atoms with van der Waals surface area (Å²) in [6.45, 7) is 1.77. The monoisotopic (exact) mass is 527 g/mol. The number of sulfonamides is 1. The second-order valence-corrected chi connectivity index (χ2v) is 9.70. The Morgan fingerprint density at radius 3 is 2.27 bits per heavy atom. The number of hydrogen-bond acceptors (Lipinski definition) is 5. The van der Waals surface area contributed by atoms with E-state index in [0.29, 0.717) is 5.69 Å². The van der Waals surface area contributed by atoms with Crippen molar-refractivity contribution in [3.8, 4) is 0 Å². The minimum absolute atomic E-state index is 0.0750. The summed E-state index contributed by atoms with van der Waals surface area (Å²) < 4.78 is 27.9. The van der Waals surface area contributed by atoms with Gasteiger partial charge in [0.25, 0.3) is 21.6 Å². The van der Waals surface area contributed by atoms with Crippen LogP contribution >= 0.6 is 34.8 Å². The highest BCUT2D eigenvalue weighted by molar-refractivity contribution is 7.93. The van der Waals surface area contributed by atoms with Gasteiger partial charge >= 0.3 is 0 Å². The zero-order valence-electron chi connectivity index (χ0n) is 17.0. The summed E-state index contributed by atoms with van der Waals surface area (Å²) in [6, 6.07) is 14.3. The summed E-state index contributed by atoms with van der Waals surface area (Å²) >= 11 is 18.2. The van der Waals surface area contributed by atoms with Crippen molar-refractivity contribution in [2.24, 2.45) is 0 Å². The number of carbonyl (C=O) groups is 1. The van der Waals surface area contributed by atoms with Crippen molar-refractivity contribution in [1.82, 2.24) is 0 Å². The van der Waals surface area contributed by atoms with Crippen LogP contribution in [0, 0.1) is 10.1 Å². The molecule has 1 amide bonds. The minimum atomic E-state index is -4.15. The predicted octanol–water partition coefficient (Wildman–Crippen LogP) is 6.02. The summed E-state index contributed by atoms with van der Waals surface area (Å²) in [5.41, 5.74) is -0.0840. The Bertz CT molecular complexity index is 1330. The van der Waals surface area contributed by atoms with Crippen LogP contribution in [-0.2, 0) is 10.0 Å². The van der Waals surface area contributed by atoms with E-state index in [9.17, 15) is 23.3 Å². The predicted molar refractivity (Wildman–Crippen MR) is 129 cm³/mol. The van der Waals surface area contributed by atoms with Crippen molar-refractivity contribution in [1.29, 1.82) is 0 Å². The zero-order chi connectivity index (χ0) is 24.3. The van der Waals surface area contributed by atoms with Crippen molar-refractivity contribution in [3.05, 3.63) is 91.4 Å². The second-order valence-electron chi connectivity index (χ2n) is 6.65. The fraction of sp³-hybridized carbons (Fsp3) is 0.0952. The first-order valence-corrected chi connectivity index (χ1v) is 12.0. The Morgan fingerprint density at radius 1 is 1.00 bits per heavy atom. The molecule has 3 aromatic carbocycles. The van der Waals surface area contributed by atoms with Crippen LogP contribution in [0.25, 0.3) is 0 Å². The molecule has 0 heterocycles. The largest absolute Gasteiger partial charge is 0.322 e. The molecule has 0 aliphatic carbocycles. The van der Waals surface area contributed by atoms with E-state index in [2.05, 4.69) is 5.32 Å². The van der Waals surface area contributed by atoms with Crippen LogP contribution in [0.1, 0.15) is 17.3 Å². The van der Waals surface area contributed by atoms with Gasteiger partial charge in [0.05, 0.1) is 26.2 Å². The molecule has 33 heavy (non-hydrogen) atoms. The molecule has 0 aromatic heterocycles. The number of rotatable bonds is 7. The maximum Gasteiger partial charge on any atom is 0.289 e. The maximum atomic E-state index is 13.4. The molecule has 3 aromatic rings. The number of halogens is 3. The van der Waals surface area contributed by atoms with E-state index in [1.165, 1.54) is 12.1 Å². The van der Waals surface area contributed by atoms with Gasteiger partial charge in [-0.25, -0.2) is 8.42 Å². The van der Waals surface area contributed by atoms with Crippen LogP contribution in [0.3, 0.4) is 0 Å². The van der Waals surface area contributed by atoms with Gasteiger partial charge in [-0.3, -0.25) is 19.2 Å². The van der Waals surface area contributed by atoms with E-state index < -0.39 is 26.5 Å². The average Bonchev–Trinajstić information content (AvgIpc) is 2.75.